The minimum atomic E-state index is -2.21. The van der Waals surface area contributed by atoms with E-state index in [-0.39, 0.29) is 24.2 Å². The Balaban J connectivity index is 1.42. The zero-order valence-corrected chi connectivity index (χ0v) is 38.8. The summed E-state index contributed by atoms with van der Waals surface area (Å²) in [5.41, 5.74) is -7.53. The van der Waals surface area contributed by atoms with Crippen molar-refractivity contribution < 1.29 is 67.3 Å². The second kappa shape index (κ2) is 16.2. The van der Waals surface area contributed by atoms with Gasteiger partial charge in [0.1, 0.15) is 47.4 Å². The van der Waals surface area contributed by atoms with Crippen LogP contribution in [-0.2, 0) is 47.5 Å². The molecule has 5 aliphatic rings. The quantitative estimate of drug-likeness (QED) is 0.177. The van der Waals surface area contributed by atoms with Gasteiger partial charge in [0.25, 0.3) is 0 Å². The molecule has 2 aromatic rings. The van der Waals surface area contributed by atoms with Gasteiger partial charge in [-0.3, -0.25) is 14.5 Å². The molecule has 2 saturated heterocycles. The molecule has 12 atom stereocenters. The lowest BCUT2D eigenvalue weighted by Crippen LogP contribution is -2.81. The molecule has 2 aliphatic heterocycles. The van der Waals surface area contributed by atoms with Crippen molar-refractivity contribution in [1.29, 1.82) is 0 Å². The van der Waals surface area contributed by atoms with E-state index in [0.29, 0.717) is 17.6 Å². The molecular weight excluding hydrogens is 827 g/mol. The van der Waals surface area contributed by atoms with Gasteiger partial charge in [0.2, 0.25) is 0 Å². The zero-order chi connectivity index (χ0) is 47.1. The first-order chi connectivity index (χ1) is 29.7. The molecule has 0 aromatic heterocycles. The van der Waals surface area contributed by atoms with Crippen LogP contribution in [0.2, 0.25) is 0 Å². The van der Waals surface area contributed by atoms with Crippen molar-refractivity contribution in [3.63, 3.8) is 0 Å². The number of fused-ring (bicyclic) bond motifs is 5. The summed E-state index contributed by atoms with van der Waals surface area (Å²) >= 11 is 0. The maximum Gasteiger partial charge on any atom is 0.413 e. The van der Waals surface area contributed by atoms with Gasteiger partial charge in [0.05, 0.1) is 18.1 Å². The molecule has 1 amide bonds. The highest BCUT2D eigenvalue weighted by atomic mass is 16.6. The molecule has 1 unspecified atom stereocenters. The van der Waals surface area contributed by atoms with E-state index < -0.39 is 118 Å². The van der Waals surface area contributed by atoms with Crippen LogP contribution in [0.1, 0.15) is 118 Å². The first kappa shape index (κ1) is 47.1. The molecule has 4 fully saturated rings. The molecular formula is C49H63NO14. The van der Waals surface area contributed by atoms with E-state index in [1.54, 1.807) is 123 Å². The Morgan fingerprint density at radius 3 is 2.02 bits per heavy atom. The largest absolute Gasteiger partial charge is 0.456 e. The Labute approximate surface area is 374 Å². The number of carbonyl (C=O) groups excluding carboxylic acids is 5. The fraction of sp³-hybridized carbons (Fsp3) is 0.612. The number of amides is 1. The lowest BCUT2D eigenvalue weighted by atomic mass is 9.43. The number of nitrogens with zero attached hydrogens (tertiary/aromatic N) is 1. The van der Waals surface area contributed by atoms with Crippen LogP contribution in [0.25, 0.3) is 0 Å². The summed E-state index contributed by atoms with van der Waals surface area (Å²) in [6.07, 6.45) is -8.80. The number of hydrogen-bond donors (Lipinski definition) is 2. The predicted molar refractivity (Wildman–Crippen MR) is 229 cm³/mol. The van der Waals surface area contributed by atoms with Gasteiger partial charge in [-0.15, -0.1) is 0 Å². The van der Waals surface area contributed by atoms with Gasteiger partial charge in [0, 0.05) is 31.1 Å². The third-order valence-electron chi connectivity index (χ3n) is 14.7. The maximum atomic E-state index is 15.0. The van der Waals surface area contributed by atoms with Crippen LogP contribution in [0, 0.1) is 22.7 Å². The third kappa shape index (κ3) is 7.59. The van der Waals surface area contributed by atoms with Crippen molar-refractivity contribution in [1.82, 2.24) is 4.90 Å². The summed E-state index contributed by atoms with van der Waals surface area (Å²) in [7, 11) is 0. The number of aliphatic hydroxyl groups is 2. The molecule has 2 aromatic carbocycles. The summed E-state index contributed by atoms with van der Waals surface area (Å²) in [6.45, 7) is 19.6. The second-order valence-electron chi connectivity index (χ2n) is 20.5. The summed E-state index contributed by atoms with van der Waals surface area (Å²) in [5.74, 6) is -4.71. The minimum absolute atomic E-state index is 0.144. The van der Waals surface area contributed by atoms with E-state index in [1.807, 2.05) is 6.92 Å². The van der Waals surface area contributed by atoms with Crippen molar-refractivity contribution >= 4 is 30.0 Å². The highest BCUT2D eigenvalue weighted by Crippen LogP contribution is 2.66. The number of esters is 4. The number of aliphatic hydroxyl groups excluding tert-OH is 1. The fourth-order valence-corrected chi connectivity index (χ4v) is 11.5. The predicted octanol–water partition coefficient (Wildman–Crippen LogP) is 6.38. The average Bonchev–Trinajstić information content (AvgIpc) is 3.49. The fourth-order valence-electron chi connectivity index (χ4n) is 11.5. The lowest BCUT2D eigenvalue weighted by molar-refractivity contribution is -0.358. The van der Waals surface area contributed by atoms with E-state index >= 15 is 0 Å². The van der Waals surface area contributed by atoms with E-state index in [4.69, 9.17) is 33.2 Å². The molecule has 15 heteroatoms. The Bertz CT molecular complexity index is 2200. The molecule has 64 heavy (non-hydrogen) atoms. The summed E-state index contributed by atoms with van der Waals surface area (Å²) in [5, 5.41) is 27.0. The van der Waals surface area contributed by atoms with E-state index in [0.717, 1.165) is 0 Å². The van der Waals surface area contributed by atoms with Crippen molar-refractivity contribution in [2.24, 2.45) is 22.7 Å². The van der Waals surface area contributed by atoms with Gasteiger partial charge in [0.15, 0.2) is 17.8 Å². The van der Waals surface area contributed by atoms with Crippen molar-refractivity contribution in [3.05, 3.63) is 82.9 Å². The zero-order valence-electron chi connectivity index (χ0n) is 38.8. The summed E-state index contributed by atoms with van der Waals surface area (Å²) < 4.78 is 43.8. The number of ether oxygens (including phenoxy) is 7. The molecule has 3 aliphatic carbocycles. The highest BCUT2D eigenvalue weighted by molar-refractivity contribution is 5.89. The van der Waals surface area contributed by atoms with E-state index in [9.17, 15) is 34.2 Å². The molecule has 15 nitrogen and oxygen atoms in total. The summed E-state index contributed by atoms with van der Waals surface area (Å²) in [6, 6.07) is 16.1. The van der Waals surface area contributed by atoms with Crippen LogP contribution in [0.5, 0.6) is 0 Å². The molecule has 2 heterocycles. The standard InChI is InChI=1S/C49H63NO14/c1-26-23-33-48(25-58-33,62-29(4)52)38-40(61-41(54)31-21-17-14-18-22-31)49(57)24-32(27(2)34(45(49,8)9)36(59-28(3)51)39(53)47(26,38)12)60-42(55)37-35(30-19-15-13-16-20-30)50(46(10,11)63-37)43(56)64-44(5,6)7/h13-22,26,32-33,35-40,53,57H,23-25H2,1-12H3/t26-,32-,33+,35-,36+,37+,38?,39-,40-,47+,48-,49+/m0/s1. The second-order valence-corrected chi connectivity index (χ2v) is 20.5. The smallest absolute Gasteiger partial charge is 0.413 e. The van der Waals surface area contributed by atoms with Crippen LogP contribution in [-0.4, -0.2) is 111 Å². The van der Waals surface area contributed by atoms with Crippen molar-refractivity contribution in [3.8, 4) is 0 Å². The highest BCUT2D eigenvalue weighted by Gasteiger charge is 2.77. The van der Waals surface area contributed by atoms with Crippen molar-refractivity contribution in [2.75, 3.05) is 6.61 Å². The van der Waals surface area contributed by atoms with E-state index in [2.05, 4.69) is 0 Å². The van der Waals surface area contributed by atoms with Gasteiger partial charge >= 0.3 is 30.0 Å². The number of hydrogen-bond acceptors (Lipinski definition) is 14. The SMILES string of the molecule is CC(=O)O[C@@H]1C2=C(C)[C@@H](OC(=O)[C@@H]3OC(C)(C)N(C(=O)OC(C)(C)C)[C@H]3c3ccccc3)C[C@@](O)([C@@H](OC(=O)c3ccccc3)C3[C@@](C)([C@@H](C)C[C@H]4OC[C@@]34OC(C)=O)[C@H]1O)C2(C)C. The number of carbonyl (C=O) groups is 5. The Hall–Kier alpha value is -4.83. The maximum absolute atomic E-state index is 15.0. The average molecular weight is 890 g/mol. The third-order valence-corrected chi connectivity index (χ3v) is 14.7. The van der Waals surface area contributed by atoms with Gasteiger partial charge in [-0.05, 0) is 82.7 Å². The minimum Gasteiger partial charge on any atom is -0.456 e. The first-order valence-electron chi connectivity index (χ1n) is 22.0. The van der Waals surface area contributed by atoms with Crippen molar-refractivity contribution in [2.45, 2.75) is 161 Å². The molecule has 2 N–H and O–H groups in total. The van der Waals surface area contributed by atoms with Gasteiger partial charge < -0.3 is 43.4 Å². The first-order valence-corrected chi connectivity index (χ1v) is 22.0. The molecule has 348 valence electrons. The van der Waals surface area contributed by atoms with Crippen LogP contribution in [0.3, 0.4) is 0 Å². The van der Waals surface area contributed by atoms with Gasteiger partial charge in [-0.2, -0.15) is 0 Å². The van der Waals surface area contributed by atoms with Crippen LogP contribution < -0.4 is 0 Å². The Morgan fingerprint density at radius 2 is 1.47 bits per heavy atom. The van der Waals surface area contributed by atoms with Crippen LogP contribution in [0.4, 0.5) is 4.79 Å². The molecule has 7 rings (SSSR count). The number of rotatable bonds is 7. The molecule has 2 bridgehead atoms. The van der Waals surface area contributed by atoms with Crippen LogP contribution in [0.15, 0.2) is 71.8 Å². The summed E-state index contributed by atoms with van der Waals surface area (Å²) in [4.78, 5) is 71.1. The molecule has 2 saturated carbocycles. The topological polar surface area (TPSA) is 194 Å². The van der Waals surface area contributed by atoms with Gasteiger partial charge in [-0.1, -0.05) is 76.2 Å². The lowest BCUT2D eigenvalue weighted by Gasteiger charge is -2.69. The molecule has 0 radical (unpaired) electrons. The normalized spacial score (nSPS) is 36.2. The van der Waals surface area contributed by atoms with Crippen LogP contribution >= 0.6 is 0 Å². The number of benzene rings is 2. The Kier molecular flexibility index (Phi) is 12.0. The molecule has 0 spiro atoms. The monoisotopic (exact) mass is 889 g/mol. The van der Waals surface area contributed by atoms with E-state index in [1.165, 1.54) is 18.7 Å². The Morgan fingerprint density at radius 1 is 0.859 bits per heavy atom. The van der Waals surface area contributed by atoms with Gasteiger partial charge in [-0.25, -0.2) is 14.4 Å².